The normalized spacial score (nSPS) is 19.3. The molecule has 1 aromatic heterocycles. The molecule has 2 amide bonds. The van der Waals surface area contributed by atoms with E-state index >= 15 is 0 Å². The van der Waals surface area contributed by atoms with Crippen molar-refractivity contribution in [1.29, 1.82) is 0 Å². The quantitative estimate of drug-likeness (QED) is 0.659. The molecule has 0 bridgehead atoms. The summed E-state index contributed by atoms with van der Waals surface area (Å²) in [4.78, 5) is 31.8. The van der Waals surface area contributed by atoms with Crippen molar-refractivity contribution in [2.45, 2.75) is 51.0 Å². The van der Waals surface area contributed by atoms with Gasteiger partial charge in [-0.1, -0.05) is 56.0 Å². The standard InChI is InChI=1S/C23H29N3O2S2/c27-21(11-10-17-6-4-5-7-17)26-16-29-15-20(26)22(28)24-13-12-19-14-30-23(25-19)18-8-2-1-3-9-18/h1-3,8-9,14,17,20H,4-7,10-13,15-16H2,(H,24,28)/t20-/m1/s1. The zero-order valence-corrected chi connectivity index (χ0v) is 18.9. The van der Waals surface area contributed by atoms with Crippen molar-refractivity contribution >= 4 is 34.9 Å². The molecule has 160 valence electrons. The summed E-state index contributed by atoms with van der Waals surface area (Å²) in [5.74, 6) is 2.13. The third kappa shape index (κ3) is 5.43. The topological polar surface area (TPSA) is 62.3 Å². The molecule has 5 nitrogen and oxygen atoms in total. The first-order chi connectivity index (χ1) is 14.7. The predicted octanol–water partition coefficient (Wildman–Crippen LogP) is 4.34. The van der Waals surface area contributed by atoms with Crippen molar-refractivity contribution in [3.05, 3.63) is 41.4 Å². The van der Waals surface area contributed by atoms with Crippen LogP contribution >= 0.6 is 23.1 Å². The van der Waals surface area contributed by atoms with E-state index in [1.165, 1.54) is 25.7 Å². The van der Waals surface area contributed by atoms with Crippen LogP contribution in [0.5, 0.6) is 0 Å². The van der Waals surface area contributed by atoms with Crippen LogP contribution in [-0.4, -0.2) is 45.9 Å². The summed E-state index contributed by atoms with van der Waals surface area (Å²) in [5.41, 5.74) is 2.11. The highest BCUT2D eigenvalue weighted by Gasteiger charge is 2.34. The first kappa shape index (κ1) is 21.4. The van der Waals surface area contributed by atoms with Gasteiger partial charge in [-0.2, -0.15) is 0 Å². The average molecular weight is 444 g/mol. The van der Waals surface area contributed by atoms with Gasteiger partial charge in [0.1, 0.15) is 11.0 Å². The molecule has 30 heavy (non-hydrogen) atoms. The van der Waals surface area contributed by atoms with Crippen LogP contribution in [0.15, 0.2) is 35.7 Å². The zero-order valence-electron chi connectivity index (χ0n) is 17.2. The summed E-state index contributed by atoms with van der Waals surface area (Å²) in [6.07, 6.45) is 7.37. The SMILES string of the molecule is O=C(NCCc1csc(-c2ccccc2)n1)[C@H]1CSCN1C(=O)CCC1CCCC1. The van der Waals surface area contributed by atoms with Gasteiger partial charge in [0, 0.05) is 36.1 Å². The number of carbonyl (C=O) groups is 2. The molecule has 0 spiro atoms. The first-order valence-electron chi connectivity index (χ1n) is 10.9. The molecule has 1 aromatic carbocycles. The Kier molecular flexibility index (Phi) is 7.44. The summed E-state index contributed by atoms with van der Waals surface area (Å²) in [6.45, 7) is 0.544. The summed E-state index contributed by atoms with van der Waals surface area (Å²) >= 11 is 3.30. The minimum Gasteiger partial charge on any atom is -0.354 e. The Hall–Kier alpha value is -1.86. The maximum atomic E-state index is 12.7. The van der Waals surface area contributed by atoms with Gasteiger partial charge in [-0.05, 0) is 12.3 Å². The molecule has 2 fully saturated rings. The van der Waals surface area contributed by atoms with Crippen molar-refractivity contribution in [3.63, 3.8) is 0 Å². The van der Waals surface area contributed by atoms with Crippen molar-refractivity contribution in [1.82, 2.24) is 15.2 Å². The van der Waals surface area contributed by atoms with Gasteiger partial charge in [0.25, 0.3) is 0 Å². The number of amides is 2. The van der Waals surface area contributed by atoms with Crippen LogP contribution in [0.25, 0.3) is 10.6 Å². The third-order valence-electron chi connectivity index (χ3n) is 6.00. The lowest BCUT2D eigenvalue weighted by molar-refractivity contribution is -0.138. The van der Waals surface area contributed by atoms with Crippen molar-refractivity contribution in [3.8, 4) is 10.6 Å². The molecule has 0 radical (unpaired) electrons. The Morgan fingerprint density at radius 2 is 1.97 bits per heavy atom. The zero-order chi connectivity index (χ0) is 20.8. The maximum Gasteiger partial charge on any atom is 0.243 e. The second kappa shape index (κ2) is 10.4. The molecule has 2 aliphatic rings. The van der Waals surface area contributed by atoms with Crippen molar-refractivity contribution in [2.24, 2.45) is 5.92 Å². The number of aromatic nitrogens is 1. The van der Waals surface area contributed by atoms with Gasteiger partial charge in [0.05, 0.1) is 11.6 Å². The van der Waals surface area contributed by atoms with E-state index in [9.17, 15) is 9.59 Å². The first-order valence-corrected chi connectivity index (χ1v) is 12.9. The number of rotatable bonds is 8. The molecule has 4 rings (SSSR count). The average Bonchev–Trinajstić information content (AvgIpc) is 3.54. The van der Waals surface area contributed by atoms with E-state index < -0.39 is 0 Å². The Bertz CT molecular complexity index is 849. The molecular weight excluding hydrogens is 414 g/mol. The van der Waals surface area contributed by atoms with Crippen LogP contribution in [0.3, 0.4) is 0 Å². The number of hydrogen-bond donors (Lipinski definition) is 1. The minimum atomic E-state index is -0.332. The van der Waals surface area contributed by atoms with Gasteiger partial charge in [-0.3, -0.25) is 9.59 Å². The van der Waals surface area contributed by atoms with Crippen molar-refractivity contribution in [2.75, 3.05) is 18.2 Å². The largest absolute Gasteiger partial charge is 0.354 e. The smallest absolute Gasteiger partial charge is 0.243 e. The van der Waals surface area contributed by atoms with Crippen LogP contribution < -0.4 is 5.32 Å². The van der Waals surface area contributed by atoms with Crippen LogP contribution in [0.2, 0.25) is 0 Å². The molecule has 1 saturated carbocycles. The van der Waals surface area contributed by atoms with E-state index in [0.717, 1.165) is 22.7 Å². The lowest BCUT2D eigenvalue weighted by Crippen LogP contribution is -2.47. The second-order valence-corrected chi connectivity index (χ2v) is 9.98. The minimum absolute atomic E-state index is 0.0345. The third-order valence-corrected chi connectivity index (χ3v) is 7.95. The Balaban J connectivity index is 1.23. The van der Waals surface area contributed by atoms with Crippen LogP contribution in [0.1, 0.15) is 44.2 Å². The highest BCUT2D eigenvalue weighted by Crippen LogP contribution is 2.30. The molecule has 2 aromatic rings. The fourth-order valence-electron chi connectivity index (χ4n) is 4.24. The van der Waals surface area contributed by atoms with Gasteiger partial charge >= 0.3 is 0 Å². The molecule has 7 heteroatoms. The summed E-state index contributed by atoms with van der Waals surface area (Å²) in [6, 6.07) is 9.80. The monoisotopic (exact) mass is 443 g/mol. The summed E-state index contributed by atoms with van der Waals surface area (Å²) < 4.78 is 0. The predicted molar refractivity (Wildman–Crippen MR) is 123 cm³/mol. The molecule has 1 aliphatic carbocycles. The van der Waals surface area contributed by atoms with Gasteiger partial charge in [-0.25, -0.2) is 4.98 Å². The maximum absolute atomic E-state index is 12.7. The van der Waals surface area contributed by atoms with E-state index in [4.69, 9.17) is 0 Å². The number of hydrogen-bond acceptors (Lipinski definition) is 5. The number of nitrogens with zero attached hydrogens (tertiary/aromatic N) is 2. The van der Waals surface area contributed by atoms with Crippen LogP contribution in [0, 0.1) is 5.92 Å². The number of thiazole rings is 1. The summed E-state index contributed by atoms with van der Waals surface area (Å²) in [7, 11) is 0. The van der Waals surface area contributed by atoms with Crippen molar-refractivity contribution < 1.29 is 9.59 Å². The fraction of sp³-hybridized carbons (Fsp3) is 0.522. The molecule has 0 unspecified atom stereocenters. The second-order valence-electron chi connectivity index (χ2n) is 8.12. The molecule has 1 aliphatic heterocycles. The number of carbonyl (C=O) groups excluding carboxylic acids is 2. The van der Waals surface area contributed by atoms with Gasteiger partial charge < -0.3 is 10.2 Å². The number of thioether (sulfide) groups is 1. The van der Waals surface area contributed by atoms with E-state index in [0.29, 0.717) is 36.9 Å². The highest BCUT2D eigenvalue weighted by molar-refractivity contribution is 7.99. The van der Waals surface area contributed by atoms with Gasteiger partial charge in [0.15, 0.2) is 0 Å². The van der Waals surface area contributed by atoms with Crippen LogP contribution in [0.4, 0.5) is 0 Å². The number of nitrogens with one attached hydrogen (secondary N) is 1. The molecule has 1 N–H and O–H groups in total. The fourth-order valence-corrected chi connectivity index (χ4v) is 6.28. The summed E-state index contributed by atoms with van der Waals surface area (Å²) in [5, 5.41) is 6.08. The molecule has 1 atom stereocenters. The molecular formula is C23H29N3O2S2. The van der Waals surface area contributed by atoms with E-state index in [-0.39, 0.29) is 17.9 Å². The lowest BCUT2D eigenvalue weighted by Gasteiger charge is -2.23. The van der Waals surface area contributed by atoms with E-state index in [2.05, 4.69) is 27.8 Å². The highest BCUT2D eigenvalue weighted by atomic mass is 32.2. The Morgan fingerprint density at radius 3 is 2.77 bits per heavy atom. The number of benzene rings is 1. The van der Waals surface area contributed by atoms with E-state index in [1.54, 1.807) is 28.0 Å². The molecule has 2 heterocycles. The van der Waals surface area contributed by atoms with Gasteiger partial charge in [0.2, 0.25) is 11.8 Å². The molecule has 1 saturated heterocycles. The van der Waals surface area contributed by atoms with E-state index in [1.807, 2.05) is 18.2 Å². The Labute approximate surface area is 186 Å². The van der Waals surface area contributed by atoms with Crippen LogP contribution in [-0.2, 0) is 16.0 Å². The lowest BCUT2D eigenvalue weighted by atomic mass is 10.0. The Morgan fingerprint density at radius 1 is 1.17 bits per heavy atom. The van der Waals surface area contributed by atoms with Gasteiger partial charge in [-0.15, -0.1) is 23.1 Å².